The molecule has 0 fully saturated rings. The van der Waals surface area contributed by atoms with Crippen LogP contribution >= 0.6 is 0 Å². The zero-order valence-electron chi connectivity index (χ0n) is 14.4. The van der Waals surface area contributed by atoms with Gasteiger partial charge in [0, 0.05) is 6.42 Å². The minimum absolute atomic E-state index is 0.0114. The highest BCUT2D eigenvalue weighted by molar-refractivity contribution is 5.69. The van der Waals surface area contributed by atoms with E-state index in [9.17, 15) is 4.79 Å². The number of carbonyl (C=O) groups excluding carboxylic acids is 1. The third-order valence-corrected chi connectivity index (χ3v) is 4.00. The maximum absolute atomic E-state index is 11.8. The fourth-order valence-corrected chi connectivity index (χ4v) is 2.58. The van der Waals surface area contributed by atoms with Gasteiger partial charge in [-0.2, -0.15) is 0 Å². The monoisotopic (exact) mass is 304 g/mol. The molecule has 0 saturated heterocycles. The van der Waals surface area contributed by atoms with Crippen LogP contribution < -0.4 is 0 Å². The molecule has 0 aliphatic heterocycles. The molecule has 0 amide bonds. The Balaban J connectivity index is 2.01. The maximum atomic E-state index is 11.8. The zero-order chi connectivity index (χ0) is 16.0. The summed E-state index contributed by atoms with van der Waals surface area (Å²) < 4.78 is 5.48. The topological polar surface area (TPSA) is 26.3 Å². The van der Waals surface area contributed by atoms with Crippen molar-refractivity contribution in [2.45, 2.75) is 84.2 Å². The molecule has 0 aromatic heterocycles. The molecule has 124 valence electrons. The summed E-state index contributed by atoms with van der Waals surface area (Å²) in [7, 11) is 0. The van der Waals surface area contributed by atoms with Crippen molar-refractivity contribution in [2.24, 2.45) is 0 Å². The number of unbranched alkanes of at least 4 members (excludes halogenated alkanes) is 6. The van der Waals surface area contributed by atoms with Crippen LogP contribution in [0.15, 0.2) is 30.3 Å². The zero-order valence-corrected chi connectivity index (χ0v) is 14.4. The Bertz CT molecular complexity index is 386. The van der Waals surface area contributed by atoms with Crippen molar-refractivity contribution in [3.05, 3.63) is 35.9 Å². The standard InChI is InChI=1S/C20H32O2/c1-3-4-5-6-7-8-12-15-20(21)22-18(2)16-17-19-13-10-9-11-14-19/h9-11,13-14,18H,3-8,12,15-17H2,1-2H3. The number of aryl methyl sites for hydroxylation is 1. The lowest BCUT2D eigenvalue weighted by molar-refractivity contribution is -0.148. The van der Waals surface area contributed by atoms with Gasteiger partial charge in [0.25, 0.3) is 0 Å². The van der Waals surface area contributed by atoms with Crippen molar-refractivity contribution in [3.63, 3.8) is 0 Å². The van der Waals surface area contributed by atoms with Crippen LogP contribution in [0.4, 0.5) is 0 Å². The average Bonchev–Trinajstić information content (AvgIpc) is 2.53. The predicted molar refractivity (Wildman–Crippen MR) is 92.9 cm³/mol. The van der Waals surface area contributed by atoms with Gasteiger partial charge in [0.15, 0.2) is 0 Å². The lowest BCUT2D eigenvalue weighted by atomic mass is 10.1. The maximum Gasteiger partial charge on any atom is 0.306 e. The molecule has 0 N–H and O–H groups in total. The fourth-order valence-electron chi connectivity index (χ4n) is 2.58. The molecule has 1 aromatic carbocycles. The molecule has 1 atom stereocenters. The van der Waals surface area contributed by atoms with E-state index in [1.54, 1.807) is 0 Å². The SMILES string of the molecule is CCCCCCCCCC(=O)OC(C)CCc1ccccc1. The highest BCUT2D eigenvalue weighted by Gasteiger charge is 2.09. The first-order valence-corrected chi connectivity index (χ1v) is 8.95. The van der Waals surface area contributed by atoms with E-state index in [0.717, 1.165) is 25.7 Å². The fraction of sp³-hybridized carbons (Fsp3) is 0.650. The summed E-state index contributed by atoms with van der Waals surface area (Å²) in [4.78, 5) is 11.8. The van der Waals surface area contributed by atoms with Gasteiger partial charge in [-0.3, -0.25) is 4.79 Å². The second kappa shape index (κ2) is 12.3. The van der Waals surface area contributed by atoms with Gasteiger partial charge in [0.1, 0.15) is 0 Å². The Hall–Kier alpha value is -1.31. The molecule has 0 radical (unpaired) electrons. The first kappa shape index (κ1) is 18.7. The van der Waals surface area contributed by atoms with Crippen LogP contribution in [-0.2, 0) is 16.0 Å². The van der Waals surface area contributed by atoms with Crippen LogP contribution in [0.1, 0.15) is 77.2 Å². The molecule has 2 heteroatoms. The molecule has 0 aliphatic carbocycles. The molecule has 1 rings (SSSR count). The number of hydrogen-bond donors (Lipinski definition) is 0. The molecule has 0 bridgehead atoms. The predicted octanol–water partition coefficient (Wildman–Crippen LogP) is 5.69. The van der Waals surface area contributed by atoms with Crippen LogP contribution in [0.25, 0.3) is 0 Å². The third-order valence-electron chi connectivity index (χ3n) is 4.00. The van der Waals surface area contributed by atoms with Gasteiger partial charge in [-0.1, -0.05) is 75.8 Å². The molecular weight excluding hydrogens is 272 g/mol. The van der Waals surface area contributed by atoms with E-state index in [2.05, 4.69) is 19.1 Å². The number of carbonyl (C=O) groups is 1. The average molecular weight is 304 g/mol. The van der Waals surface area contributed by atoms with Crippen LogP contribution in [0, 0.1) is 0 Å². The van der Waals surface area contributed by atoms with Gasteiger partial charge in [-0.25, -0.2) is 0 Å². The first-order valence-electron chi connectivity index (χ1n) is 8.95. The molecule has 0 aliphatic rings. The number of rotatable bonds is 12. The molecular formula is C20H32O2. The highest BCUT2D eigenvalue weighted by atomic mass is 16.5. The molecule has 22 heavy (non-hydrogen) atoms. The van der Waals surface area contributed by atoms with Gasteiger partial charge in [-0.05, 0) is 31.7 Å². The smallest absolute Gasteiger partial charge is 0.306 e. The van der Waals surface area contributed by atoms with Crippen molar-refractivity contribution < 1.29 is 9.53 Å². The van der Waals surface area contributed by atoms with E-state index in [1.165, 1.54) is 37.7 Å². The quantitative estimate of drug-likeness (QED) is 0.366. The number of benzene rings is 1. The molecule has 1 aromatic rings. The van der Waals surface area contributed by atoms with Crippen molar-refractivity contribution in [3.8, 4) is 0 Å². The van der Waals surface area contributed by atoms with Crippen molar-refractivity contribution >= 4 is 5.97 Å². The van der Waals surface area contributed by atoms with Crippen molar-refractivity contribution in [2.75, 3.05) is 0 Å². The second-order valence-electron chi connectivity index (χ2n) is 6.20. The van der Waals surface area contributed by atoms with E-state index in [4.69, 9.17) is 4.74 Å². The van der Waals surface area contributed by atoms with E-state index in [1.807, 2.05) is 25.1 Å². The van der Waals surface area contributed by atoms with Crippen LogP contribution in [0.2, 0.25) is 0 Å². The van der Waals surface area contributed by atoms with E-state index in [0.29, 0.717) is 6.42 Å². The molecule has 0 saturated carbocycles. The summed E-state index contributed by atoms with van der Waals surface area (Å²) in [6, 6.07) is 10.4. The Labute approximate surface area is 136 Å². The summed E-state index contributed by atoms with van der Waals surface area (Å²) in [5, 5.41) is 0. The normalized spacial score (nSPS) is 12.1. The van der Waals surface area contributed by atoms with Gasteiger partial charge in [0.2, 0.25) is 0 Å². The van der Waals surface area contributed by atoms with Crippen molar-refractivity contribution in [1.82, 2.24) is 0 Å². The van der Waals surface area contributed by atoms with Gasteiger partial charge >= 0.3 is 5.97 Å². The van der Waals surface area contributed by atoms with Crippen molar-refractivity contribution in [1.29, 1.82) is 0 Å². The summed E-state index contributed by atoms with van der Waals surface area (Å²) in [5.74, 6) is -0.0332. The molecule has 0 spiro atoms. The Morgan fingerprint density at radius 1 is 1.00 bits per heavy atom. The Morgan fingerprint density at radius 3 is 2.32 bits per heavy atom. The lowest BCUT2D eigenvalue weighted by Crippen LogP contribution is -2.15. The minimum atomic E-state index is -0.0332. The molecule has 2 nitrogen and oxygen atoms in total. The van der Waals surface area contributed by atoms with E-state index in [-0.39, 0.29) is 12.1 Å². The summed E-state index contributed by atoms with van der Waals surface area (Å²) in [6.07, 6.45) is 11.1. The molecule has 1 unspecified atom stereocenters. The largest absolute Gasteiger partial charge is 0.463 e. The van der Waals surface area contributed by atoms with Crippen LogP contribution in [0.5, 0.6) is 0 Å². The summed E-state index contributed by atoms with van der Waals surface area (Å²) in [5.41, 5.74) is 1.30. The van der Waals surface area contributed by atoms with Gasteiger partial charge in [0.05, 0.1) is 6.10 Å². The second-order valence-corrected chi connectivity index (χ2v) is 6.20. The number of hydrogen-bond acceptors (Lipinski definition) is 2. The minimum Gasteiger partial charge on any atom is -0.463 e. The molecule has 0 heterocycles. The summed E-state index contributed by atoms with van der Waals surface area (Å²) >= 11 is 0. The number of esters is 1. The highest BCUT2D eigenvalue weighted by Crippen LogP contribution is 2.11. The van der Waals surface area contributed by atoms with Crippen LogP contribution in [-0.4, -0.2) is 12.1 Å². The van der Waals surface area contributed by atoms with E-state index < -0.39 is 0 Å². The Morgan fingerprint density at radius 2 is 1.64 bits per heavy atom. The first-order chi connectivity index (χ1) is 10.7. The number of ether oxygens (including phenoxy) is 1. The van der Waals surface area contributed by atoms with Gasteiger partial charge < -0.3 is 4.74 Å². The lowest BCUT2D eigenvalue weighted by Gasteiger charge is -2.13. The third kappa shape index (κ3) is 9.59. The summed E-state index contributed by atoms with van der Waals surface area (Å²) in [6.45, 7) is 4.22. The van der Waals surface area contributed by atoms with Crippen LogP contribution in [0.3, 0.4) is 0 Å². The van der Waals surface area contributed by atoms with Gasteiger partial charge in [-0.15, -0.1) is 0 Å². The van der Waals surface area contributed by atoms with E-state index >= 15 is 0 Å². The Kier molecular flexibility index (Phi) is 10.4.